The van der Waals surface area contributed by atoms with Crippen molar-refractivity contribution in [2.75, 3.05) is 18.9 Å². The van der Waals surface area contributed by atoms with Gasteiger partial charge in [0.05, 0.1) is 11.7 Å². The maximum absolute atomic E-state index is 13.0. The number of hydrogen-bond acceptors (Lipinski definition) is 5. The number of amides is 1. The molecule has 2 aromatic carbocycles. The van der Waals surface area contributed by atoms with Gasteiger partial charge in [0.2, 0.25) is 5.95 Å². The standard InChI is InChI=1S/C23H24N4O2/c24-23-25-15-19(17-9-3-1-4-10-17)22(26-23)20-13-7-8-14-27(20)21(28)16-29-18-11-5-2-6-12-18/h1-6,9-12,15,20H,7-8,13-14,16H2,(H2,24,25,26)/t20-/m0/s1. The van der Waals surface area contributed by atoms with E-state index >= 15 is 0 Å². The van der Waals surface area contributed by atoms with Crippen molar-refractivity contribution >= 4 is 11.9 Å². The van der Waals surface area contributed by atoms with Gasteiger partial charge in [-0.25, -0.2) is 9.97 Å². The number of carbonyl (C=O) groups is 1. The first-order chi connectivity index (χ1) is 14.2. The Morgan fingerprint density at radius 1 is 1.07 bits per heavy atom. The Hall–Kier alpha value is -3.41. The van der Waals surface area contributed by atoms with Crippen LogP contribution in [0.5, 0.6) is 5.75 Å². The fourth-order valence-corrected chi connectivity index (χ4v) is 3.76. The zero-order valence-corrected chi connectivity index (χ0v) is 16.2. The lowest BCUT2D eigenvalue weighted by atomic mass is 9.94. The van der Waals surface area contributed by atoms with Crippen LogP contribution >= 0.6 is 0 Å². The lowest BCUT2D eigenvalue weighted by Gasteiger charge is -2.36. The van der Waals surface area contributed by atoms with Gasteiger partial charge in [-0.2, -0.15) is 0 Å². The van der Waals surface area contributed by atoms with E-state index in [1.165, 1.54) is 0 Å². The molecule has 2 heterocycles. The summed E-state index contributed by atoms with van der Waals surface area (Å²) in [7, 11) is 0. The number of likely N-dealkylation sites (tertiary alicyclic amines) is 1. The van der Waals surface area contributed by atoms with Gasteiger partial charge in [0.1, 0.15) is 5.75 Å². The van der Waals surface area contributed by atoms with Crippen molar-refractivity contribution < 1.29 is 9.53 Å². The number of piperidine rings is 1. The smallest absolute Gasteiger partial charge is 0.261 e. The molecule has 29 heavy (non-hydrogen) atoms. The Kier molecular flexibility index (Phi) is 5.70. The number of para-hydroxylation sites is 1. The SMILES string of the molecule is Nc1ncc(-c2ccccc2)c([C@@H]2CCCCN2C(=O)COc2ccccc2)n1. The van der Waals surface area contributed by atoms with Crippen LogP contribution in [-0.2, 0) is 4.79 Å². The number of aromatic nitrogens is 2. The van der Waals surface area contributed by atoms with Gasteiger partial charge < -0.3 is 15.4 Å². The molecule has 3 aromatic rings. The molecule has 1 saturated heterocycles. The Morgan fingerprint density at radius 2 is 1.79 bits per heavy atom. The van der Waals surface area contributed by atoms with Gasteiger partial charge in [0.15, 0.2) is 6.61 Å². The van der Waals surface area contributed by atoms with Gasteiger partial charge in [-0.1, -0.05) is 48.5 Å². The van der Waals surface area contributed by atoms with Crippen LogP contribution < -0.4 is 10.5 Å². The Bertz CT molecular complexity index is 963. The van der Waals surface area contributed by atoms with Crippen LogP contribution in [0.4, 0.5) is 5.95 Å². The van der Waals surface area contributed by atoms with Crippen molar-refractivity contribution in [1.82, 2.24) is 14.9 Å². The largest absolute Gasteiger partial charge is 0.484 e. The predicted octanol–water partition coefficient (Wildman–Crippen LogP) is 3.86. The molecule has 1 aliphatic rings. The number of nitrogens with zero attached hydrogens (tertiary/aromatic N) is 3. The normalized spacial score (nSPS) is 16.4. The third-order valence-corrected chi connectivity index (χ3v) is 5.17. The molecule has 1 fully saturated rings. The first kappa shape index (κ1) is 18.9. The average molecular weight is 388 g/mol. The molecule has 1 amide bonds. The summed E-state index contributed by atoms with van der Waals surface area (Å²) in [5, 5.41) is 0. The fourth-order valence-electron chi connectivity index (χ4n) is 3.76. The van der Waals surface area contributed by atoms with Crippen LogP contribution in [0.3, 0.4) is 0 Å². The molecule has 1 atom stereocenters. The molecule has 0 spiro atoms. The number of ether oxygens (including phenoxy) is 1. The molecule has 6 heteroatoms. The predicted molar refractivity (Wildman–Crippen MR) is 112 cm³/mol. The highest BCUT2D eigenvalue weighted by atomic mass is 16.5. The van der Waals surface area contributed by atoms with Gasteiger partial charge in [-0.15, -0.1) is 0 Å². The van der Waals surface area contributed by atoms with Crippen LogP contribution in [0, 0.1) is 0 Å². The van der Waals surface area contributed by atoms with Gasteiger partial charge in [0, 0.05) is 18.3 Å². The van der Waals surface area contributed by atoms with E-state index in [1.54, 1.807) is 6.20 Å². The van der Waals surface area contributed by atoms with Crippen LogP contribution in [0.15, 0.2) is 66.9 Å². The van der Waals surface area contributed by atoms with E-state index in [9.17, 15) is 4.79 Å². The first-order valence-corrected chi connectivity index (χ1v) is 9.87. The van der Waals surface area contributed by atoms with Gasteiger partial charge >= 0.3 is 0 Å². The summed E-state index contributed by atoms with van der Waals surface area (Å²) in [4.78, 5) is 23.6. The molecule has 1 aromatic heterocycles. The van der Waals surface area contributed by atoms with Crippen molar-refractivity contribution in [1.29, 1.82) is 0 Å². The van der Waals surface area contributed by atoms with Crippen molar-refractivity contribution in [2.24, 2.45) is 0 Å². The van der Waals surface area contributed by atoms with Crippen molar-refractivity contribution in [3.8, 4) is 16.9 Å². The fraction of sp³-hybridized carbons (Fsp3) is 0.261. The van der Waals surface area contributed by atoms with Crippen molar-refractivity contribution in [2.45, 2.75) is 25.3 Å². The maximum atomic E-state index is 13.0. The second kappa shape index (κ2) is 8.73. The molecule has 0 saturated carbocycles. The van der Waals surface area contributed by atoms with Crippen LogP contribution in [0.25, 0.3) is 11.1 Å². The summed E-state index contributed by atoms with van der Waals surface area (Å²) in [5.41, 5.74) is 8.65. The van der Waals surface area contributed by atoms with Gasteiger partial charge in [0.25, 0.3) is 5.91 Å². The molecular weight excluding hydrogens is 364 g/mol. The molecule has 0 aliphatic carbocycles. The molecule has 6 nitrogen and oxygen atoms in total. The zero-order valence-electron chi connectivity index (χ0n) is 16.2. The summed E-state index contributed by atoms with van der Waals surface area (Å²) in [6, 6.07) is 19.2. The number of nitrogen functional groups attached to an aromatic ring is 1. The molecule has 148 valence electrons. The number of hydrogen-bond donors (Lipinski definition) is 1. The van der Waals surface area contributed by atoms with Crippen LogP contribution in [0.1, 0.15) is 31.0 Å². The van der Waals surface area contributed by atoms with Gasteiger partial charge in [-0.3, -0.25) is 4.79 Å². The number of anilines is 1. The van der Waals surface area contributed by atoms with E-state index in [2.05, 4.69) is 9.97 Å². The highest BCUT2D eigenvalue weighted by Gasteiger charge is 2.31. The third kappa shape index (κ3) is 4.37. The van der Waals surface area contributed by atoms with E-state index in [-0.39, 0.29) is 24.5 Å². The van der Waals surface area contributed by atoms with Crippen LogP contribution in [-0.4, -0.2) is 33.9 Å². The van der Waals surface area contributed by atoms with E-state index in [1.807, 2.05) is 65.6 Å². The summed E-state index contributed by atoms with van der Waals surface area (Å²) in [5.74, 6) is 0.860. The molecule has 2 N–H and O–H groups in total. The van der Waals surface area contributed by atoms with Crippen molar-refractivity contribution in [3.63, 3.8) is 0 Å². The number of nitrogens with two attached hydrogens (primary N) is 1. The van der Waals surface area contributed by atoms with E-state index in [0.717, 1.165) is 36.1 Å². The van der Waals surface area contributed by atoms with E-state index in [0.29, 0.717) is 12.3 Å². The number of benzene rings is 2. The number of rotatable bonds is 5. The monoisotopic (exact) mass is 388 g/mol. The highest BCUT2D eigenvalue weighted by molar-refractivity contribution is 5.79. The number of carbonyl (C=O) groups excluding carboxylic acids is 1. The Balaban J connectivity index is 1.61. The highest BCUT2D eigenvalue weighted by Crippen LogP contribution is 2.36. The molecule has 4 rings (SSSR count). The van der Waals surface area contributed by atoms with Gasteiger partial charge in [-0.05, 0) is 37.0 Å². The second-order valence-electron chi connectivity index (χ2n) is 7.09. The second-order valence-corrected chi connectivity index (χ2v) is 7.09. The zero-order chi connectivity index (χ0) is 20.1. The quantitative estimate of drug-likeness (QED) is 0.718. The third-order valence-electron chi connectivity index (χ3n) is 5.17. The Morgan fingerprint density at radius 3 is 2.55 bits per heavy atom. The van der Waals surface area contributed by atoms with Crippen LogP contribution in [0.2, 0.25) is 0 Å². The lowest BCUT2D eigenvalue weighted by molar-refractivity contribution is -0.137. The summed E-state index contributed by atoms with van der Waals surface area (Å²) in [6.45, 7) is 0.682. The topological polar surface area (TPSA) is 81.3 Å². The summed E-state index contributed by atoms with van der Waals surface area (Å²) >= 11 is 0. The molecule has 0 unspecified atom stereocenters. The summed E-state index contributed by atoms with van der Waals surface area (Å²) < 4.78 is 5.70. The first-order valence-electron chi connectivity index (χ1n) is 9.87. The molecule has 0 bridgehead atoms. The average Bonchev–Trinajstić information content (AvgIpc) is 2.78. The minimum Gasteiger partial charge on any atom is -0.484 e. The molecular formula is C23H24N4O2. The van der Waals surface area contributed by atoms with E-state index in [4.69, 9.17) is 10.5 Å². The molecule has 0 radical (unpaired) electrons. The lowest BCUT2D eigenvalue weighted by Crippen LogP contribution is -2.41. The van der Waals surface area contributed by atoms with E-state index < -0.39 is 0 Å². The molecule has 1 aliphatic heterocycles. The minimum absolute atomic E-state index is 0.00174. The summed E-state index contributed by atoms with van der Waals surface area (Å²) in [6.07, 6.45) is 4.60. The minimum atomic E-state index is -0.142. The van der Waals surface area contributed by atoms with Crippen molar-refractivity contribution in [3.05, 3.63) is 72.6 Å². The Labute approximate surface area is 170 Å². The maximum Gasteiger partial charge on any atom is 0.261 e.